The second-order valence-electron chi connectivity index (χ2n) is 8.26. The summed E-state index contributed by atoms with van der Waals surface area (Å²) in [6.07, 6.45) is 3.87. The molecule has 3 heteroatoms. The molecule has 0 saturated carbocycles. The van der Waals surface area contributed by atoms with Crippen molar-refractivity contribution in [1.29, 1.82) is 0 Å². The third-order valence-corrected chi connectivity index (χ3v) is 6.61. The SMILES string of the molecule is COc1ccc2c(c1)C(CN1CC3CC(C1)N(c1ccccc1)C3)CC2. The molecule has 2 aromatic rings. The van der Waals surface area contributed by atoms with Gasteiger partial charge in [0.25, 0.3) is 0 Å². The fourth-order valence-corrected chi connectivity index (χ4v) is 5.44. The van der Waals surface area contributed by atoms with E-state index in [0.717, 1.165) is 11.7 Å². The van der Waals surface area contributed by atoms with Gasteiger partial charge in [-0.2, -0.15) is 0 Å². The molecule has 3 unspecified atom stereocenters. The molecule has 0 amide bonds. The van der Waals surface area contributed by atoms with Crippen molar-refractivity contribution in [3.63, 3.8) is 0 Å². The second kappa shape index (κ2) is 6.62. The maximum absolute atomic E-state index is 5.46. The summed E-state index contributed by atoms with van der Waals surface area (Å²) < 4.78 is 5.46. The van der Waals surface area contributed by atoms with Crippen LogP contribution in [0, 0.1) is 5.92 Å². The molecule has 2 aromatic carbocycles. The van der Waals surface area contributed by atoms with Crippen molar-refractivity contribution >= 4 is 5.69 Å². The fraction of sp³-hybridized carbons (Fsp3) is 0.478. The van der Waals surface area contributed by atoms with Crippen molar-refractivity contribution in [1.82, 2.24) is 4.90 Å². The highest BCUT2D eigenvalue weighted by Gasteiger charge is 2.39. The maximum atomic E-state index is 5.46. The van der Waals surface area contributed by atoms with Gasteiger partial charge in [0.1, 0.15) is 5.75 Å². The van der Waals surface area contributed by atoms with Crippen LogP contribution in [0.3, 0.4) is 0 Å². The van der Waals surface area contributed by atoms with Gasteiger partial charge in [-0.1, -0.05) is 24.3 Å². The maximum Gasteiger partial charge on any atom is 0.119 e. The van der Waals surface area contributed by atoms with E-state index in [2.05, 4.69) is 58.3 Å². The van der Waals surface area contributed by atoms with Crippen LogP contribution in [0.4, 0.5) is 5.69 Å². The Hall–Kier alpha value is -2.00. The molecule has 1 aliphatic carbocycles. The zero-order chi connectivity index (χ0) is 17.5. The molecular weight excluding hydrogens is 320 g/mol. The van der Waals surface area contributed by atoms with Gasteiger partial charge in [-0.3, -0.25) is 0 Å². The molecule has 3 atom stereocenters. The Morgan fingerprint density at radius 2 is 1.92 bits per heavy atom. The second-order valence-corrected chi connectivity index (χ2v) is 8.26. The molecule has 3 nitrogen and oxygen atoms in total. The number of anilines is 1. The van der Waals surface area contributed by atoms with Crippen LogP contribution in [0.2, 0.25) is 0 Å². The summed E-state index contributed by atoms with van der Waals surface area (Å²) in [6, 6.07) is 18.3. The van der Waals surface area contributed by atoms with Crippen molar-refractivity contribution in [3.05, 3.63) is 59.7 Å². The first-order chi connectivity index (χ1) is 12.8. The number of nitrogens with zero attached hydrogens (tertiary/aromatic N) is 2. The van der Waals surface area contributed by atoms with E-state index in [0.29, 0.717) is 12.0 Å². The van der Waals surface area contributed by atoms with Gasteiger partial charge in [0.15, 0.2) is 0 Å². The number of hydrogen-bond donors (Lipinski definition) is 0. The van der Waals surface area contributed by atoms with Crippen molar-refractivity contribution in [2.45, 2.75) is 31.2 Å². The Kier molecular flexibility index (Phi) is 4.12. The highest BCUT2D eigenvalue weighted by atomic mass is 16.5. The summed E-state index contributed by atoms with van der Waals surface area (Å²) in [7, 11) is 1.77. The van der Waals surface area contributed by atoms with E-state index < -0.39 is 0 Å². The number of para-hydroxylation sites is 1. The van der Waals surface area contributed by atoms with Gasteiger partial charge in [0.2, 0.25) is 0 Å². The predicted octanol–water partition coefficient (Wildman–Crippen LogP) is 3.94. The molecule has 0 radical (unpaired) electrons. The molecule has 2 heterocycles. The molecule has 3 aliphatic rings. The molecule has 0 spiro atoms. The van der Waals surface area contributed by atoms with E-state index in [1.165, 1.54) is 62.3 Å². The van der Waals surface area contributed by atoms with E-state index in [1.807, 2.05) is 0 Å². The van der Waals surface area contributed by atoms with Gasteiger partial charge in [-0.15, -0.1) is 0 Å². The minimum Gasteiger partial charge on any atom is -0.497 e. The number of ether oxygens (including phenoxy) is 1. The molecule has 0 aromatic heterocycles. The number of rotatable bonds is 4. The molecule has 136 valence electrons. The zero-order valence-electron chi connectivity index (χ0n) is 15.6. The normalized spacial score (nSPS) is 27.6. The Morgan fingerprint density at radius 1 is 1.04 bits per heavy atom. The van der Waals surface area contributed by atoms with E-state index in [9.17, 15) is 0 Å². The largest absolute Gasteiger partial charge is 0.497 e. The molecule has 2 saturated heterocycles. The van der Waals surface area contributed by atoms with Crippen LogP contribution in [0.15, 0.2) is 48.5 Å². The number of likely N-dealkylation sites (tertiary alicyclic amines) is 1. The number of fused-ring (bicyclic) bond motifs is 3. The Balaban J connectivity index is 1.29. The first-order valence-electron chi connectivity index (χ1n) is 10.0. The lowest BCUT2D eigenvalue weighted by Crippen LogP contribution is -2.43. The molecule has 2 aliphatic heterocycles. The van der Waals surface area contributed by atoms with Gasteiger partial charge in [0.05, 0.1) is 7.11 Å². The van der Waals surface area contributed by atoms with E-state index in [1.54, 1.807) is 7.11 Å². The quantitative estimate of drug-likeness (QED) is 0.832. The van der Waals surface area contributed by atoms with E-state index >= 15 is 0 Å². The van der Waals surface area contributed by atoms with Crippen LogP contribution in [0.25, 0.3) is 0 Å². The van der Waals surface area contributed by atoms with Crippen molar-refractivity contribution in [2.24, 2.45) is 5.92 Å². The van der Waals surface area contributed by atoms with Crippen LogP contribution in [0.1, 0.15) is 29.9 Å². The van der Waals surface area contributed by atoms with Crippen LogP contribution >= 0.6 is 0 Å². The molecule has 26 heavy (non-hydrogen) atoms. The monoisotopic (exact) mass is 348 g/mol. The van der Waals surface area contributed by atoms with Gasteiger partial charge in [-0.05, 0) is 66.5 Å². The predicted molar refractivity (Wildman–Crippen MR) is 106 cm³/mol. The van der Waals surface area contributed by atoms with Gasteiger partial charge in [0, 0.05) is 37.9 Å². The van der Waals surface area contributed by atoms with Crippen molar-refractivity contribution in [3.8, 4) is 5.75 Å². The molecular formula is C23H28N2O. The number of piperidine rings is 1. The summed E-state index contributed by atoms with van der Waals surface area (Å²) in [5, 5.41) is 0. The summed E-state index contributed by atoms with van der Waals surface area (Å²) in [4.78, 5) is 5.39. The van der Waals surface area contributed by atoms with Crippen LogP contribution < -0.4 is 9.64 Å². The Labute approximate surface area is 156 Å². The average molecular weight is 348 g/mol. The summed E-state index contributed by atoms with van der Waals surface area (Å²) >= 11 is 0. The first-order valence-corrected chi connectivity index (χ1v) is 10.0. The first kappa shape index (κ1) is 16.2. The highest BCUT2D eigenvalue weighted by Crippen LogP contribution is 2.38. The van der Waals surface area contributed by atoms with Crippen LogP contribution in [0.5, 0.6) is 5.75 Å². The minimum atomic E-state index is 0.669. The van der Waals surface area contributed by atoms with Crippen LogP contribution in [-0.2, 0) is 6.42 Å². The Morgan fingerprint density at radius 3 is 2.77 bits per heavy atom. The standard InChI is InChI=1S/C23H28N2O/c1-26-22-10-9-18-7-8-19(23(18)12-22)15-24-13-17-11-21(16-24)25(14-17)20-5-3-2-4-6-20/h2-6,9-10,12,17,19,21H,7-8,11,13-16H2,1H3. The average Bonchev–Trinajstić information content (AvgIpc) is 3.22. The Bertz CT molecular complexity index is 775. The molecule has 2 fully saturated rings. The third-order valence-electron chi connectivity index (χ3n) is 6.61. The van der Waals surface area contributed by atoms with Gasteiger partial charge < -0.3 is 14.5 Å². The van der Waals surface area contributed by atoms with E-state index in [-0.39, 0.29) is 0 Å². The van der Waals surface area contributed by atoms with Gasteiger partial charge >= 0.3 is 0 Å². The van der Waals surface area contributed by atoms with Crippen molar-refractivity contribution in [2.75, 3.05) is 38.2 Å². The summed E-state index contributed by atoms with van der Waals surface area (Å²) in [6.45, 7) is 4.90. The lowest BCUT2D eigenvalue weighted by Gasteiger charge is -2.35. The van der Waals surface area contributed by atoms with Gasteiger partial charge in [-0.25, -0.2) is 0 Å². The topological polar surface area (TPSA) is 15.7 Å². The highest BCUT2D eigenvalue weighted by molar-refractivity contribution is 5.49. The van der Waals surface area contributed by atoms with Crippen LogP contribution in [-0.4, -0.2) is 44.2 Å². The number of benzene rings is 2. The molecule has 5 rings (SSSR count). The summed E-state index contributed by atoms with van der Waals surface area (Å²) in [5.41, 5.74) is 4.46. The van der Waals surface area contributed by atoms with Crippen molar-refractivity contribution < 1.29 is 4.74 Å². The lowest BCUT2D eigenvalue weighted by molar-refractivity contribution is 0.184. The zero-order valence-corrected chi connectivity index (χ0v) is 15.6. The third kappa shape index (κ3) is 2.88. The van der Waals surface area contributed by atoms with E-state index in [4.69, 9.17) is 4.74 Å². The smallest absolute Gasteiger partial charge is 0.119 e. The number of hydrogen-bond acceptors (Lipinski definition) is 3. The fourth-order valence-electron chi connectivity index (χ4n) is 5.44. The minimum absolute atomic E-state index is 0.669. The molecule has 2 bridgehead atoms. The number of aryl methyl sites for hydroxylation is 1. The summed E-state index contributed by atoms with van der Waals surface area (Å²) in [5.74, 6) is 2.49. The number of methoxy groups -OCH3 is 1. The lowest BCUT2D eigenvalue weighted by atomic mass is 9.96. The molecule has 0 N–H and O–H groups in total.